The predicted molar refractivity (Wildman–Crippen MR) is 197 cm³/mol. The maximum atomic E-state index is 14.1. The molecule has 0 saturated heterocycles. The summed E-state index contributed by atoms with van der Waals surface area (Å²) in [5.41, 5.74) is 11.4. The molecule has 49 heavy (non-hydrogen) atoms. The van der Waals surface area contributed by atoms with Crippen molar-refractivity contribution in [1.82, 2.24) is 4.57 Å². The number of aromatic nitrogens is 1. The van der Waals surface area contributed by atoms with Crippen molar-refractivity contribution in [3.8, 4) is 34.0 Å². The fourth-order valence-electron chi connectivity index (χ4n) is 7.08. The zero-order chi connectivity index (χ0) is 34.4. The number of hydrogen-bond donors (Lipinski definition) is 2. The van der Waals surface area contributed by atoms with Gasteiger partial charge >= 0.3 is 6.18 Å². The average Bonchev–Trinajstić information content (AvgIpc) is 3.42. The lowest BCUT2D eigenvalue weighted by Gasteiger charge is -2.22. The number of nitriles is 1. The lowest BCUT2D eigenvalue weighted by molar-refractivity contribution is -0.137. The van der Waals surface area contributed by atoms with Crippen LogP contribution in [0.5, 0.6) is 0 Å². The number of allylic oxidation sites excluding steroid dienone is 1. The number of fused-ring (bicyclic) bond motifs is 3. The second kappa shape index (κ2) is 12.7. The molecule has 0 fully saturated rings. The molecule has 7 heteroatoms. The van der Waals surface area contributed by atoms with E-state index >= 15 is 0 Å². The summed E-state index contributed by atoms with van der Waals surface area (Å²) in [5.74, 6) is 0. The molecule has 244 valence electrons. The van der Waals surface area contributed by atoms with E-state index in [1.807, 2.05) is 43.4 Å². The molecule has 1 heterocycles. The Bertz CT molecular complexity index is 2340. The van der Waals surface area contributed by atoms with Crippen LogP contribution in [0.3, 0.4) is 0 Å². The summed E-state index contributed by atoms with van der Waals surface area (Å²) >= 11 is 5.23. The minimum atomic E-state index is -4.61. The van der Waals surface area contributed by atoms with Crippen molar-refractivity contribution in [3.05, 3.63) is 142 Å². The number of nitrogens with one attached hydrogen (secondary N) is 1. The Hall–Kier alpha value is -5.19. The zero-order valence-electron chi connectivity index (χ0n) is 27.4. The lowest BCUT2D eigenvalue weighted by atomic mass is 9.88. The van der Waals surface area contributed by atoms with E-state index in [1.165, 1.54) is 22.6 Å². The van der Waals surface area contributed by atoms with E-state index in [0.717, 1.165) is 75.4 Å². The Morgan fingerprint density at radius 1 is 0.898 bits per heavy atom. The monoisotopic (exact) mass is 669 g/mol. The number of thiol groups is 1. The average molecular weight is 670 g/mol. The van der Waals surface area contributed by atoms with Crippen LogP contribution >= 0.6 is 12.6 Å². The van der Waals surface area contributed by atoms with Gasteiger partial charge in [0.05, 0.1) is 28.4 Å². The van der Waals surface area contributed by atoms with E-state index in [2.05, 4.69) is 78.3 Å². The fraction of sp³-hybridized carbons (Fsp3) is 0.167. The number of rotatable bonds is 6. The molecule has 0 bridgehead atoms. The maximum absolute atomic E-state index is 14.1. The van der Waals surface area contributed by atoms with Crippen LogP contribution in [0.25, 0.3) is 44.9 Å². The van der Waals surface area contributed by atoms with Crippen LogP contribution in [0.2, 0.25) is 0 Å². The normalized spacial score (nSPS) is 12.6. The van der Waals surface area contributed by atoms with Crippen molar-refractivity contribution in [2.24, 2.45) is 0 Å². The van der Waals surface area contributed by atoms with E-state index in [0.29, 0.717) is 22.4 Å². The minimum absolute atomic E-state index is 0.0504. The molecule has 0 radical (unpaired) electrons. The maximum Gasteiger partial charge on any atom is 0.416 e. The molecular weight excluding hydrogens is 636 g/mol. The fourth-order valence-corrected chi connectivity index (χ4v) is 7.45. The van der Waals surface area contributed by atoms with E-state index in [9.17, 15) is 18.4 Å². The van der Waals surface area contributed by atoms with Gasteiger partial charge in [0.25, 0.3) is 0 Å². The second-order valence-corrected chi connectivity index (χ2v) is 13.1. The number of halogens is 3. The summed E-state index contributed by atoms with van der Waals surface area (Å²) in [5, 5.41) is 14.2. The quantitative estimate of drug-likeness (QED) is 0.173. The van der Waals surface area contributed by atoms with Gasteiger partial charge < -0.3 is 9.88 Å². The molecule has 1 aliphatic rings. The van der Waals surface area contributed by atoms with Crippen molar-refractivity contribution >= 4 is 35.3 Å². The Morgan fingerprint density at radius 3 is 2.47 bits per heavy atom. The predicted octanol–water partition coefficient (Wildman–Crippen LogP) is 11.4. The van der Waals surface area contributed by atoms with Crippen LogP contribution in [0.1, 0.15) is 51.1 Å². The Balaban J connectivity index is 1.52. The van der Waals surface area contributed by atoms with Crippen molar-refractivity contribution in [2.45, 2.75) is 44.2 Å². The molecule has 6 aromatic rings. The first-order chi connectivity index (χ1) is 23.6. The Labute approximate surface area is 289 Å². The summed E-state index contributed by atoms with van der Waals surface area (Å²) < 4.78 is 44.6. The molecule has 5 aromatic carbocycles. The van der Waals surface area contributed by atoms with Crippen LogP contribution in [0, 0.1) is 25.2 Å². The number of hydrogen-bond acceptors (Lipinski definition) is 3. The summed E-state index contributed by atoms with van der Waals surface area (Å²) in [6.45, 7) is 4.16. The zero-order valence-corrected chi connectivity index (χ0v) is 28.3. The SMILES string of the molecule is CNc1ccc(Cc2c(-c3cc(C#N)cc(C(F)(F)F)c3)ccc(-n3c4c(c5cc(C)ccc53)CCC=C4)c2S)c(-c2ccccc2C)c1. The Morgan fingerprint density at radius 2 is 1.71 bits per heavy atom. The van der Waals surface area contributed by atoms with Gasteiger partial charge in [-0.2, -0.15) is 18.4 Å². The molecule has 0 aliphatic heterocycles. The van der Waals surface area contributed by atoms with Crippen LogP contribution < -0.4 is 5.32 Å². The van der Waals surface area contributed by atoms with Crippen molar-refractivity contribution < 1.29 is 13.2 Å². The van der Waals surface area contributed by atoms with Crippen LogP contribution in [0.4, 0.5) is 18.9 Å². The molecule has 0 saturated carbocycles. The molecule has 3 nitrogen and oxygen atoms in total. The minimum Gasteiger partial charge on any atom is -0.388 e. The van der Waals surface area contributed by atoms with Crippen LogP contribution in [-0.2, 0) is 19.0 Å². The molecule has 7 rings (SSSR count). The second-order valence-electron chi connectivity index (χ2n) is 12.6. The summed E-state index contributed by atoms with van der Waals surface area (Å²) in [4.78, 5) is 0.668. The van der Waals surface area contributed by atoms with Crippen molar-refractivity contribution in [2.75, 3.05) is 12.4 Å². The molecule has 1 aliphatic carbocycles. The third-order valence-corrected chi connectivity index (χ3v) is 10.0. The topological polar surface area (TPSA) is 40.8 Å². The summed E-state index contributed by atoms with van der Waals surface area (Å²) in [6, 6.07) is 30.2. The summed E-state index contributed by atoms with van der Waals surface area (Å²) in [7, 11) is 1.88. The molecule has 1 N–H and O–H groups in total. The van der Waals surface area contributed by atoms with Gasteiger partial charge in [-0.15, -0.1) is 12.6 Å². The van der Waals surface area contributed by atoms with E-state index in [-0.39, 0.29) is 5.56 Å². The third-order valence-electron chi connectivity index (χ3n) is 9.51. The number of alkyl halides is 3. The van der Waals surface area contributed by atoms with Gasteiger partial charge in [-0.3, -0.25) is 0 Å². The molecule has 1 aromatic heterocycles. The third kappa shape index (κ3) is 5.91. The smallest absolute Gasteiger partial charge is 0.388 e. The number of nitrogens with zero attached hydrogens (tertiary/aromatic N) is 2. The molecule has 0 unspecified atom stereocenters. The molecular formula is C42H34F3N3S. The Kier molecular flexibility index (Phi) is 8.38. The first-order valence-corrected chi connectivity index (χ1v) is 16.7. The lowest BCUT2D eigenvalue weighted by Crippen LogP contribution is -2.07. The number of aryl methyl sites for hydroxylation is 3. The summed E-state index contributed by atoms with van der Waals surface area (Å²) in [6.07, 6.45) is 2.00. The highest BCUT2D eigenvalue weighted by Crippen LogP contribution is 2.42. The standard InChI is InChI=1S/C42H34F3N3S/c1-25-12-16-39-36(18-25)34-10-6-7-11-38(34)48(39)40-17-15-33(29-19-27(24-46)20-30(21-29)42(43,44)45)37(41(40)49)22-28-13-14-31(47-3)23-35(28)32-9-5-4-8-26(32)2/h4-5,7-9,11-21,23,47,49H,6,10,22H2,1-3H3. The van der Waals surface area contributed by atoms with E-state index in [4.69, 9.17) is 12.6 Å². The highest BCUT2D eigenvalue weighted by molar-refractivity contribution is 7.80. The van der Waals surface area contributed by atoms with Gasteiger partial charge in [-0.1, -0.05) is 54.1 Å². The largest absolute Gasteiger partial charge is 0.416 e. The van der Waals surface area contributed by atoms with Gasteiger partial charge in [0.2, 0.25) is 0 Å². The highest BCUT2D eigenvalue weighted by Gasteiger charge is 2.32. The first kappa shape index (κ1) is 32.4. The molecule has 0 atom stereocenters. The van der Waals surface area contributed by atoms with Crippen molar-refractivity contribution in [3.63, 3.8) is 0 Å². The number of benzene rings is 5. The van der Waals surface area contributed by atoms with E-state index in [1.54, 1.807) is 0 Å². The van der Waals surface area contributed by atoms with Gasteiger partial charge in [-0.05, 0) is 132 Å². The highest BCUT2D eigenvalue weighted by atomic mass is 32.1. The molecule has 0 amide bonds. The van der Waals surface area contributed by atoms with Gasteiger partial charge in [0.15, 0.2) is 0 Å². The van der Waals surface area contributed by atoms with Gasteiger partial charge in [0, 0.05) is 28.7 Å². The van der Waals surface area contributed by atoms with Crippen LogP contribution in [-0.4, -0.2) is 11.6 Å². The van der Waals surface area contributed by atoms with E-state index < -0.39 is 11.7 Å². The van der Waals surface area contributed by atoms with Gasteiger partial charge in [0.1, 0.15) is 0 Å². The number of anilines is 1. The van der Waals surface area contributed by atoms with Crippen molar-refractivity contribution in [1.29, 1.82) is 5.26 Å². The van der Waals surface area contributed by atoms with Crippen LogP contribution in [0.15, 0.2) is 102 Å². The first-order valence-electron chi connectivity index (χ1n) is 16.2. The van der Waals surface area contributed by atoms with Gasteiger partial charge in [-0.25, -0.2) is 0 Å². The molecule has 0 spiro atoms.